The molecule has 1 aliphatic heterocycles. The van der Waals surface area contributed by atoms with Crippen molar-refractivity contribution in [2.75, 3.05) is 19.8 Å². The Morgan fingerprint density at radius 1 is 1.29 bits per heavy atom. The zero-order valence-corrected chi connectivity index (χ0v) is 8.93. The average Bonchev–Trinajstić information content (AvgIpc) is 2.34. The van der Waals surface area contributed by atoms with Crippen molar-refractivity contribution in [2.24, 2.45) is 0 Å². The maximum absolute atomic E-state index is 9.40. The Balaban J connectivity index is 2.68. The van der Waals surface area contributed by atoms with Crippen molar-refractivity contribution in [1.29, 1.82) is 0 Å². The van der Waals surface area contributed by atoms with Crippen molar-refractivity contribution < 1.29 is 40.1 Å². The van der Waals surface area contributed by atoms with E-state index in [1.54, 1.807) is 0 Å². The van der Waals surface area contributed by atoms with Crippen molar-refractivity contribution in [3.63, 3.8) is 0 Å². The van der Waals surface area contributed by atoms with Gasteiger partial charge in [-0.25, -0.2) is 0 Å². The summed E-state index contributed by atoms with van der Waals surface area (Å²) in [6.07, 6.45) is -5.42. The minimum atomic E-state index is -1.64. The van der Waals surface area contributed by atoms with Crippen LogP contribution in [0.25, 0.3) is 0 Å². The molecule has 0 spiro atoms. The van der Waals surface area contributed by atoms with Crippen LogP contribution in [0.2, 0.25) is 0 Å². The Morgan fingerprint density at radius 2 is 1.94 bits per heavy atom. The van der Waals surface area contributed by atoms with Crippen LogP contribution >= 0.6 is 0 Å². The van der Waals surface area contributed by atoms with Gasteiger partial charge in [0.25, 0.3) is 0 Å². The quantitative estimate of drug-likeness (QED) is 0.308. The number of ether oxygens (including phenoxy) is 2. The van der Waals surface area contributed by atoms with Crippen LogP contribution in [0, 0.1) is 0 Å². The Morgan fingerprint density at radius 3 is 2.47 bits per heavy atom. The average molecular weight is 252 g/mol. The summed E-state index contributed by atoms with van der Waals surface area (Å²) in [6, 6.07) is 0. The summed E-state index contributed by atoms with van der Waals surface area (Å²) in [7, 11) is 0. The molecule has 0 radical (unpaired) electrons. The third-order valence-electron chi connectivity index (χ3n) is 2.25. The summed E-state index contributed by atoms with van der Waals surface area (Å²) >= 11 is 0. The van der Waals surface area contributed by atoms with Gasteiger partial charge in [-0.15, -0.1) is 0 Å². The van der Waals surface area contributed by atoms with E-state index in [4.69, 9.17) is 24.8 Å². The highest BCUT2D eigenvalue weighted by Crippen LogP contribution is 2.23. The molecule has 0 aromatic carbocycles. The van der Waals surface area contributed by atoms with Crippen LogP contribution in [0.3, 0.4) is 0 Å². The molecule has 1 aliphatic rings. The fourth-order valence-corrected chi connectivity index (χ4v) is 1.23. The molecule has 0 saturated carbocycles. The van der Waals surface area contributed by atoms with Crippen molar-refractivity contribution in [2.45, 2.75) is 24.4 Å². The molecule has 0 aromatic rings. The summed E-state index contributed by atoms with van der Waals surface area (Å²) in [6.45, 7) is -1.49. The molecule has 0 saturated heterocycles. The van der Waals surface area contributed by atoms with E-state index in [0.29, 0.717) is 0 Å². The van der Waals surface area contributed by atoms with Gasteiger partial charge < -0.3 is 40.1 Å². The summed E-state index contributed by atoms with van der Waals surface area (Å²) in [4.78, 5) is 0. The van der Waals surface area contributed by atoms with Crippen molar-refractivity contribution in [3.05, 3.63) is 11.7 Å². The number of aliphatic hydroxyl groups excluding tert-OH is 6. The van der Waals surface area contributed by atoms with Crippen LogP contribution in [-0.4, -0.2) is 74.9 Å². The molecular weight excluding hydrogens is 236 g/mol. The molecule has 1 unspecified atom stereocenters. The zero-order chi connectivity index (χ0) is 13.0. The summed E-state index contributed by atoms with van der Waals surface area (Å²) in [5, 5.41) is 54.6. The molecule has 1 heterocycles. The Bertz CT molecular complexity index is 278. The second-order valence-electron chi connectivity index (χ2n) is 3.59. The topological polar surface area (TPSA) is 140 Å². The first-order valence-electron chi connectivity index (χ1n) is 4.99. The molecule has 0 aliphatic carbocycles. The van der Waals surface area contributed by atoms with Crippen molar-refractivity contribution >= 4 is 0 Å². The van der Waals surface area contributed by atoms with Gasteiger partial charge in [-0.2, -0.15) is 0 Å². The second kappa shape index (κ2) is 6.03. The third kappa shape index (κ3) is 3.20. The predicted molar refractivity (Wildman–Crippen MR) is 52.7 cm³/mol. The molecule has 0 bridgehead atoms. The smallest absolute Gasteiger partial charge is 0.322 e. The molecule has 4 atom stereocenters. The van der Waals surface area contributed by atoms with E-state index in [-0.39, 0.29) is 6.61 Å². The predicted octanol–water partition coefficient (Wildman–Crippen LogP) is -2.80. The first-order chi connectivity index (χ1) is 8.01. The molecule has 0 aromatic heterocycles. The minimum absolute atomic E-state index is 0.364. The van der Waals surface area contributed by atoms with E-state index in [2.05, 4.69) is 0 Å². The van der Waals surface area contributed by atoms with Gasteiger partial charge in [0.2, 0.25) is 5.76 Å². The largest absolute Gasteiger partial charge is 0.504 e. The van der Waals surface area contributed by atoms with Crippen LogP contribution < -0.4 is 0 Å². The van der Waals surface area contributed by atoms with Gasteiger partial charge in [-0.05, 0) is 0 Å². The van der Waals surface area contributed by atoms with E-state index in [0.717, 1.165) is 0 Å². The van der Waals surface area contributed by atoms with Gasteiger partial charge in [0.1, 0.15) is 24.9 Å². The summed E-state index contributed by atoms with van der Waals surface area (Å²) in [5.74, 6) is -1.22. The minimum Gasteiger partial charge on any atom is -0.504 e. The van der Waals surface area contributed by atoms with Crippen LogP contribution in [0.5, 0.6) is 0 Å². The van der Waals surface area contributed by atoms with Gasteiger partial charge in [-0.1, -0.05) is 0 Å². The third-order valence-corrected chi connectivity index (χ3v) is 2.25. The van der Waals surface area contributed by atoms with Crippen LogP contribution in [-0.2, 0) is 9.47 Å². The van der Waals surface area contributed by atoms with E-state index >= 15 is 0 Å². The highest BCUT2D eigenvalue weighted by molar-refractivity contribution is 5.08. The number of rotatable bonds is 5. The van der Waals surface area contributed by atoms with Gasteiger partial charge in [0.15, 0.2) is 6.10 Å². The molecule has 6 N–H and O–H groups in total. The Kier molecular flexibility index (Phi) is 4.97. The fourth-order valence-electron chi connectivity index (χ4n) is 1.23. The molecule has 8 nitrogen and oxygen atoms in total. The Hall–Kier alpha value is -1.06. The lowest BCUT2D eigenvalue weighted by Crippen LogP contribution is -2.46. The molecular formula is C9H16O8. The second-order valence-corrected chi connectivity index (χ2v) is 3.59. The molecule has 17 heavy (non-hydrogen) atoms. The monoisotopic (exact) mass is 252 g/mol. The lowest BCUT2D eigenvalue weighted by molar-refractivity contribution is -0.153. The fraction of sp³-hybridized carbons (Fsp3) is 0.778. The van der Waals surface area contributed by atoms with Crippen LogP contribution in [0.1, 0.15) is 0 Å². The standard InChI is InChI=1S/C9H16O8/c10-1-4(12)3-16-9-8(15)7(14)6(13)5(2-11)17-9/h4-7,10-15H,1-3H2/t4?,5-,6-,7+/m1/s1. The van der Waals surface area contributed by atoms with E-state index in [1.807, 2.05) is 0 Å². The molecule has 1 rings (SSSR count). The summed E-state index contributed by atoms with van der Waals surface area (Å²) in [5.41, 5.74) is 0. The molecule has 0 amide bonds. The SMILES string of the molecule is OCC(O)COC1=C(O)[C@@H](O)[C@H](O)[C@@H](CO)O1. The van der Waals surface area contributed by atoms with Gasteiger partial charge >= 0.3 is 5.95 Å². The van der Waals surface area contributed by atoms with Crippen molar-refractivity contribution in [3.8, 4) is 0 Å². The van der Waals surface area contributed by atoms with E-state index in [9.17, 15) is 15.3 Å². The van der Waals surface area contributed by atoms with Crippen LogP contribution in [0.15, 0.2) is 11.7 Å². The normalized spacial score (nSPS) is 31.0. The molecule has 0 fully saturated rings. The highest BCUT2D eigenvalue weighted by atomic mass is 16.7. The van der Waals surface area contributed by atoms with Gasteiger partial charge in [0.05, 0.1) is 13.2 Å². The first kappa shape index (κ1) is 14.0. The van der Waals surface area contributed by atoms with Crippen molar-refractivity contribution in [1.82, 2.24) is 0 Å². The number of hydrogen-bond donors (Lipinski definition) is 6. The van der Waals surface area contributed by atoms with E-state index in [1.165, 1.54) is 0 Å². The zero-order valence-electron chi connectivity index (χ0n) is 8.93. The maximum atomic E-state index is 9.40. The Labute approximate surface area is 97.0 Å². The van der Waals surface area contributed by atoms with Gasteiger partial charge in [0, 0.05) is 0 Å². The summed E-state index contributed by atoms with van der Waals surface area (Å²) < 4.78 is 9.69. The first-order valence-corrected chi connectivity index (χ1v) is 4.99. The number of hydrogen-bond acceptors (Lipinski definition) is 8. The lowest BCUT2D eigenvalue weighted by atomic mass is 10.1. The number of aliphatic hydroxyl groups is 6. The molecule has 8 heteroatoms. The maximum Gasteiger partial charge on any atom is 0.322 e. The van der Waals surface area contributed by atoms with Crippen LogP contribution in [0.4, 0.5) is 0 Å². The highest BCUT2D eigenvalue weighted by Gasteiger charge is 2.39. The lowest BCUT2D eigenvalue weighted by Gasteiger charge is -2.32. The molecule has 100 valence electrons. The van der Waals surface area contributed by atoms with E-state index < -0.39 is 49.3 Å². The van der Waals surface area contributed by atoms with Gasteiger partial charge in [-0.3, -0.25) is 0 Å².